The van der Waals surface area contributed by atoms with Gasteiger partial charge in [0.25, 0.3) is 0 Å². The van der Waals surface area contributed by atoms with E-state index in [2.05, 4.69) is 18.7 Å². The number of benzene rings is 2. The molecular weight excluding hydrogens is 426 g/mol. The van der Waals surface area contributed by atoms with Gasteiger partial charge in [-0.25, -0.2) is 4.79 Å². The lowest BCUT2D eigenvalue weighted by atomic mass is 10.2. The highest BCUT2D eigenvalue weighted by Crippen LogP contribution is 2.25. The summed E-state index contributed by atoms with van der Waals surface area (Å²) >= 11 is 0. The van der Waals surface area contributed by atoms with Gasteiger partial charge >= 0.3 is 5.69 Å². The Balaban J connectivity index is 1.21. The van der Waals surface area contributed by atoms with Crippen LogP contribution < -0.4 is 15.2 Å². The molecule has 0 radical (unpaired) electrons. The fraction of sp³-hybridized carbons (Fsp3) is 0.464. The lowest BCUT2D eigenvalue weighted by molar-refractivity contribution is 0.170. The van der Waals surface area contributed by atoms with Crippen LogP contribution in [0, 0.1) is 0 Å². The second-order valence-electron chi connectivity index (χ2n) is 9.69. The number of aromatic nitrogens is 2. The minimum Gasteiger partial charge on any atom is -0.492 e. The quantitative estimate of drug-likeness (QED) is 0.463. The summed E-state index contributed by atoms with van der Waals surface area (Å²) in [6.45, 7) is 6.20. The van der Waals surface area contributed by atoms with Crippen molar-refractivity contribution in [2.75, 3.05) is 13.2 Å². The molecule has 6 heteroatoms. The molecule has 1 aliphatic heterocycles. The van der Waals surface area contributed by atoms with Gasteiger partial charge in [-0.15, -0.1) is 0 Å². The summed E-state index contributed by atoms with van der Waals surface area (Å²) in [6.07, 6.45) is 11.2. The molecule has 6 nitrogen and oxygen atoms in total. The molecule has 1 saturated heterocycles. The van der Waals surface area contributed by atoms with Crippen molar-refractivity contribution in [3.63, 3.8) is 0 Å². The topological polar surface area (TPSA) is 48.6 Å². The standard InChI is InChI=1S/C28H35N3O3/c1-21-7-8-22(2)29(21)19-20-33-25-13-9-23(10-14-25)30-17-18-31(28(30)32)24-11-15-27(16-12-24)34-26-5-3-4-6-26/h9-18,21-22,26H,3-8,19-20H2,1-2H3. The average Bonchev–Trinajstić information content (AvgIpc) is 3.58. The fourth-order valence-electron chi connectivity index (χ4n) is 5.32. The van der Waals surface area contributed by atoms with E-state index < -0.39 is 0 Å². The zero-order valence-corrected chi connectivity index (χ0v) is 20.2. The van der Waals surface area contributed by atoms with Gasteiger partial charge in [-0.05, 0) is 101 Å². The van der Waals surface area contributed by atoms with Crippen LogP contribution in [0.25, 0.3) is 11.4 Å². The molecular formula is C28H35N3O3. The molecule has 2 unspecified atom stereocenters. The van der Waals surface area contributed by atoms with Crippen LogP contribution in [0.5, 0.6) is 11.5 Å². The summed E-state index contributed by atoms with van der Waals surface area (Å²) in [5.41, 5.74) is 1.54. The number of nitrogens with zero attached hydrogens (tertiary/aromatic N) is 3. The van der Waals surface area contributed by atoms with E-state index in [0.29, 0.717) is 24.8 Å². The molecule has 34 heavy (non-hydrogen) atoms. The van der Waals surface area contributed by atoms with E-state index in [-0.39, 0.29) is 5.69 Å². The average molecular weight is 462 g/mol. The first kappa shape index (κ1) is 22.8. The predicted octanol–water partition coefficient (Wildman–Crippen LogP) is 5.20. The molecule has 180 valence electrons. The van der Waals surface area contributed by atoms with Gasteiger partial charge in [0, 0.05) is 31.0 Å². The van der Waals surface area contributed by atoms with E-state index in [1.807, 2.05) is 48.5 Å². The second-order valence-corrected chi connectivity index (χ2v) is 9.69. The molecule has 2 atom stereocenters. The van der Waals surface area contributed by atoms with Crippen LogP contribution in [-0.2, 0) is 0 Å². The van der Waals surface area contributed by atoms with Gasteiger partial charge in [-0.1, -0.05) is 0 Å². The first-order valence-electron chi connectivity index (χ1n) is 12.6. The Labute approximate surface area is 201 Å². The number of hydrogen-bond acceptors (Lipinski definition) is 4. The number of hydrogen-bond donors (Lipinski definition) is 0. The minimum atomic E-state index is -0.102. The van der Waals surface area contributed by atoms with Crippen LogP contribution in [0.2, 0.25) is 0 Å². The van der Waals surface area contributed by atoms with Crippen molar-refractivity contribution in [2.24, 2.45) is 0 Å². The summed E-state index contributed by atoms with van der Waals surface area (Å²) < 4.78 is 15.3. The van der Waals surface area contributed by atoms with Crippen molar-refractivity contribution < 1.29 is 9.47 Å². The Kier molecular flexibility index (Phi) is 6.77. The van der Waals surface area contributed by atoms with Gasteiger partial charge in [0.1, 0.15) is 18.1 Å². The van der Waals surface area contributed by atoms with Gasteiger partial charge in [-0.2, -0.15) is 0 Å². The van der Waals surface area contributed by atoms with E-state index in [9.17, 15) is 4.79 Å². The molecule has 1 aromatic heterocycles. The summed E-state index contributed by atoms with van der Waals surface area (Å²) in [7, 11) is 0. The van der Waals surface area contributed by atoms with Crippen LogP contribution in [-0.4, -0.2) is 45.4 Å². The molecule has 2 fully saturated rings. The third kappa shape index (κ3) is 4.92. The zero-order valence-electron chi connectivity index (χ0n) is 20.2. The molecule has 2 aromatic carbocycles. The Hall–Kier alpha value is -2.99. The normalized spacial score (nSPS) is 21.2. The van der Waals surface area contributed by atoms with Crippen molar-refractivity contribution in [1.29, 1.82) is 0 Å². The lowest BCUT2D eigenvalue weighted by Gasteiger charge is -2.25. The predicted molar refractivity (Wildman–Crippen MR) is 135 cm³/mol. The van der Waals surface area contributed by atoms with Crippen molar-refractivity contribution >= 4 is 0 Å². The number of imidazole rings is 1. The molecule has 1 saturated carbocycles. The monoisotopic (exact) mass is 461 g/mol. The molecule has 1 aliphatic carbocycles. The first-order chi connectivity index (χ1) is 16.6. The number of ether oxygens (including phenoxy) is 2. The van der Waals surface area contributed by atoms with Gasteiger partial charge in [-0.3, -0.25) is 14.0 Å². The van der Waals surface area contributed by atoms with E-state index in [1.54, 1.807) is 21.5 Å². The molecule has 2 heterocycles. The highest BCUT2D eigenvalue weighted by Gasteiger charge is 2.26. The number of rotatable bonds is 8. The second kappa shape index (κ2) is 10.1. The van der Waals surface area contributed by atoms with Gasteiger partial charge < -0.3 is 9.47 Å². The Morgan fingerprint density at radius 1 is 0.765 bits per heavy atom. The van der Waals surface area contributed by atoms with Gasteiger partial charge in [0.2, 0.25) is 0 Å². The Morgan fingerprint density at radius 2 is 1.29 bits per heavy atom. The third-order valence-electron chi connectivity index (χ3n) is 7.36. The smallest absolute Gasteiger partial charge is 0.337 e. The number of likely N-dealkylation sites (tertiary alicyclic amines) is 1. The molecule has 5 rings (SSSR count). The van der Waals surface area contributed by atoms with Gasteiger partial charge in [0.15, 0.2) is 0 Å². The van der Waals surface area contributed by atoms with Crippen molar-refractivity contribution in [2.45, 2.75) is 70.6 Å². The van der Waals surface area contributed by atoms with E-state index in [4.69, 9.17) is 9.47 Å². The van der Waals surface area contributed by atoms with Crippen LogP contribution in [0.3, 0.4) is 0 Å². The Bertz CT molecular complexity index is 1120. The summed E-state index contributed by atoms with van der Waals surface area (Å²) in [6, 6.07) is 16.8. The molecule has 0 amide bonds. The van der Waals surface area contributed by atoms with E-state index in [0.717, 1.165) is 42.3 Å². The highest BCUT2D eigenvalue weighted by molar-refractivity contribution is 5.40. The summed E-state index contributed by atoms with van der Waals surface area (Å²) in [4.78, 5) is 15.6. The van der Waals surface area contributed by atoms with E-state index >= 15 is 0 Å². The van der Waals surface area contributed by atoms with Gasteiger partial charge in [0.05, 0.1) is 17.5 Å². The van der Waals surface area contributed by atoms with E-state index in [1.165, 1.54) is 25.7 Å². The van der Waals surface area contributed by atoms with Crippen LogP contribution in [0.1, 0.15) is 52.4 Å². The maximum Gasteiger partial charge on any atom is 0.337 e. The Morgan fingerprint density at radius 3 is 1.85 bits per heavy atom. The van der Waals surface area contributed by atoms with Crippen LogP contribution in [0.4, 0.5) is 0 Å². The summed E-state index contributed by atoms with van der Waals surface area (Å²) in [5.74, 6) is 1.70. The van der Waals surface area contributed by atoms with Crippen molar-refractivity contribution in [3.8, 4) is 22.9 Å². The zero-order chi connectivity index (χ0) is 23.5. The molecule has 0 spiro atoms. The minimum absolute atomic E-state index is 0.102. The maximum atomic E-state index is 13.1. The van der Waals surface area contributed by atoms with Crippen LogP contribution in [0.15, 0.2) is 65.7 Å². The largest absolute Gasteiger partial charge is 0.492 e. The maximum absolute atomic E-state index is 13.1. The lowest BCUT2D eigenvalue weighted by Crippen LogP contribution is -2.36. The summed E-state index contributed by atoms with van der Waals surface area (Å²) in [5, 5.41) is 0. The first-order valence-corrected chi connectivity index (χ1v) is 12.6. The fourth-order valence-corrected chi connectivity index (χ4v) is 5.32. The third-order valence-corrected chi connectivity index (χ3v) is 7.36. The molecule has 3 aromatic rings. The molecule has 0 N–H and O–H groups in total. The van der Waals surface area contributed by atoms with Crippen molar-refractivity contribution in [1.82, 2.24) is 14.0 Å². The molecule has 2 aliphatic rings. The highest BCUT2D eigenvalue weighted by atomic mass is 16.5. The SMILES string of the molecule is CC1CCC(C)N1CCOc1ccc(-n2ccn(-c3ccc(OC4CCCC4)cc3)c2=O)cc1. The molecule has 0 bridgehead atoms. The van der Waals surface area contributed by atoms with Crippen molar-refractivity contribution in [3.05, 3.63) is 71.4 Å². The van der Waals surface area contributed by atoms with Crippen LogP contribution >= 0.6 is 0 Å².